The van der Waals surface area contributed by atoms with Crippen molar-refractivity contribution >= 4 is 0 Å². The quantitative estimate of drug-likeness (QED) is 0.513. The Morgan fingerprint density at radius 1 is 0.765 bits per heavy atom. The Balaban J connectivity index is 1.43. The molecule has 0 spiro atoms. The largest absolute Gasteiger partial charge is 0.303 e. The molecule has 2 aliphatic heterocycles. The first kappa shape index (κ1) is 25.4. The molecular formula is C28H48N6. The van der Waals surface area contributed by atoms with E-state index in [1.54, 1.807) is 0 Å². The van der Waals surface area contributed by atoms with E-state index < -0.39 is 0 Å². The van der Waals surface area contributed by atoms with Crippen LogP contribution in [0, 0.1) is 25.7 Å². The molecule has 4 atom stereocenters. The van der Waals surface area contributed by atoms with Crippen LogP contribution in [0.15, 0.2) is 12.1 Å². The van der Waals surface area contributed by atoms with E-state index in [1.807, 2.05) is 0 Å². The number of nitrogens with zero attached hydrogens (tertiary/aromatic N) is 6. The zero-order valence-electron chi connectivity index (χ0n) is 22.6. The van der Waals surface area contributed by atoms with E-state index in [0.717, 1.165) is 62.3 Å². The molecule has 0 aliphatic carbocycles. The van der Waals surface area contributed by atoms with Gasteiger partial charge in [0.15, 0.2) is 11.6 Å². The van der Waals surface area contributed by atoms with Crippen LogP contribution in [0.5, 0.6) is 0 Å². The van der Waals surface area contributed by atoms with Crippen LogP contribution in [0.25, 0.3) is 0 Å². The molecule has 2 saturated heterocycles. The van der Waals surface area contributed by atoms with E-state index in [4.69, 9.17) is 10.2 Å². The highest BCUT2D eigenvalue weighted by molar-refractivity contribution is 5.16. The van der Waals surface area contributed by atoms with Gasteiger partial charge in [-0.3, -0.25) is 9.58 Å². The second kappa shape index (κ2) is 11.4. The van der Waals surface area contributed by atoms with Gasteiger partial charge in [0.2, 0.25) is 0 Å². The molecule has 2 aromatic rings. The maximum atomic E-state index is 4.72. The van der Waals surface area contributed by atoms with Crippen molar-refractivity contribution in [3.63, 3.8) is 0 Å². The molecule has 4 heterocycles. The van der Waals surface area contributed by atoms with Crippen LogP contribution in [0.2, 0.25) is 0 Å². The summed E-state index contributed by atoms with van der Waals surface area (Å²) in [5.41, 5.74) is 2.49. The van der Waals surface area contributed by atoms with Gasteiger partial charge in [-0.1, -0.05) is 20.3 Å². The fourth-order valence-corrected chi connectivity index (χ4v) is 6.64. The standard InChI is InChI=1S/C28H48N6/c1-21-18-22(2)20-31(19-21)16-8-12-27-29-30-28(34(27)33-25(5)14-15-26(33)6)13-9-17-32-23(3)10-7-11-24(32)4/h14-15,21-24H,7-13,16-20H2,1-6H3/t21-,22-,23-,24+/m1/s1. The van der Waals surface area contributed by atoms with Crippen molar-refractivity contribution < 1.29 is 0 Å². The molecule has 6 heteroatoms. The minimum Gasteiger partial charge on any atom is -0.303 e. The fourth-order valence-electron chi connectivity index (χ4n) is 6.64. The number of hydrogen-bond donors (Lipinski definition) is 0. The van der Waals surface area contributed by atoms with Gasteiger partial charge in [-0.15, -0.1) is 10.2 Å². The monoisotopic (exact) mass is 468 g/mol. The third-order valence-corrected chi connectivity index (χ3v) is 8.22. The van der Waals surface area contributed by atoms with E-state index in [9.17, 15) is 0 Å². The first-order chi connectivity index (χ1) is 16.3. The molecule has 0 bridgehead atoms. The number of hydrogen-bond acceptors (Lipinski definition) is 4. The molecular weight excluding hydrogens is 420 g/mol. The van der Waals surface area contributed by atoms with E-state index in [0.29, 0.717) is 12.1 Å². The molecule has 0 N–H and O–H groups in total. The number of piperidine rings is 2. The predicted molar refractivity (Wildman–Crippen MR) is 140 cm³/mol. The zero-order chi connectivity index (χ0) is 24.2. The SMILES string of the molecule is Cc1ccc(C)n1-n1c(CCCN2C[C@H](C)C[C@@H](C)C2)nnc1CCCN1[C@H](C)CCC[C@@H]1C. The van der Waals surface area contributed by atoms with Crippen molar-refractivity contribution in [3.05, 3.63) is 35.2 Å². The Hall–Kier alpha value is -1.66. The van der Waals surface area contributed by atoms with Gasteiger partial charge in [0, 0.05) is 49.4 Å². The normalized spacial score (nSPS) is 26.9. The van der Waals surface area contributed by atoms with Crippen molar-refractivity contribution in [1.82, 2.24) is 29.3 Å². The average Bonchev–Trinajstić information content (AvgIpc) is 3.31. The summed E-state index contributed by atoms with van der Waals surface area (Å²) in [6.07, 6.45) is 9.63. The highest BCUT2D eigenvalue weighted by Gasteiger charge is 2.25. The molecule has 0 aromatic carbocycles. The Bertz CT molecular complexity index is 875. The summed E-state index contributed by atoms with van der Waals surface area (Å²) >= 11 is 0. The smallest absolute Gasteiger partial charge is 0.153 e. The van der Waals surface area contributed by atoms with Gasteiger partial charge in [0.1, 0.15) is 0 Å². The molecule has 0 amide bonds. The van der Waals surface area contributed by atoms with Crippen molar-refractivity contribution in [1.29, 1.82) is 0 Å². The van der Waals surface area contributed by atoms with Crippen molar-refractivity contribution in [3.8, 4) is 0 Å². The summed E-state index contributed by atoms with van der Waals surface area (Å²) in [6, 6.07) is 5.81. The van der Waals surface area contributed by atoms with Crippen molar-refractivity contribution in [2.45, 2.75) is 105 Å². The van der Waals surface area contributed by atoms with Crippen LogP contribution in [-0.4, -0.2) is 67.6 Å². The van der Waals surface area contributed by atoms with E-state index in [-0.39, 0.29) is 0 Å². The number of rotatable bonds is 9. The third kappa shape index (κ3) is 5.93. The number of aryl methyl sites for hydroxylation is 4. The molecule has 2 fully saturated rings. The lowest BCUT2D eigenvalue weighted by Gasteiger charge is -2.39. The van der Waals surface area contributed by atoms with Gasteiger partial charge in [0.05, 0.1) is 0 Å². The highest BCUT2D eigenvalue weighted by Crippen LogP contribution is 2.24. The van der Waals surface area contributed by atoms with Crippen LogP contribution in [-0.2, 0) is 12.8 Å². The molecule has 0 radical (unpaired) electrons. The first-order valence-electron chi connectivity index (χ1n) is 13.9. The lowest BCUT2D eigenvalue weighted by molar-refractivity contribution is 0.102. The zero-order valence-corrected chi connectivity index (χ0v) is 22.6. The van der Waals surface area contributed by atoms with Crippen molar-refractivity contribution in [2.24, 2.45) is 11.8 Å². The minimum atomic E-state index is 0.700. The van der Waals surface area contributed by atoms with Gasteiger partial charge < -0.3 is 4.90 Å². The molecule has 0 saturated carbocycles. The Labute approximate surface area is 207 Å². The molecule has 0 unspecified atom stereocenters. The van der Waals surface area contributed by atoms with Crippen LogP contribution in [0.1, 0.15) is 89.3 Å². The van der Waals surface area contributed by atoms with E-state index in [1.165, 1.54) is 50.2 Å². The Morgan fingerprint density at radius 2 is 1.29 bits per heavy atom. The molecule has 2 aromatic heterocycles. The summed E-state index contributed by atoms with van der Waals surface area (Å²) in [5, 5.41) is 9.45. The summed E-state index contributed by atoms with van der Waals surface area (Å²) in [6.45, 7) is 18.8. The van der Waals surface area contributed by atoms with Gasteiger partial charge in [-0.05, 0) is 96.9 Å². The van der Waals surface area contributed by atoms with Gasteiger partial charge in [-0.25, -0.2) is 4.68 Å². The third-order valence-electron chi connectivity index (χ3n) is 8.22. The maximum Gasteiger partial charge on any atom is 0.153 e. The summed E-state index contributed by atoms with van der Waals surface area (Å²) in [4.78, 5) is 5.37. The lowest BCUT2D eigenvalue weighted by atomic mass is 9.92. The van der Waals surface area contributed by atoms with Crippen LogP contribution in [0.3, 0.4) is 0 Å². The minimum absolute atomic E-state index is 0.700. The average molecular weight is 469 g/mol. The summed E-state index contributed by atoms with van der Waals surface area (Å²) in [7, 11) is 0. The van der Waals surface area contributed by atoms with Crippen LogP contribution < -0.4 is 0 Å². The maximum absolute atomic E-state index is 4.72. The Morgan fingerprint density at radius 3 is 1.85 bits per heavy atom. The molecule has 4 rings (SSSR count). The summed E-state index contributed by atoms with van der Waals surface area (Å²) in [5.74, 6) is 3.84. The second-order valence-corrected chi connectivity index (χ2v) is 11.6. The second-order valence-electron chi connectivity index (χ2n) is 11.6. The molecule has 2 aliphatic rings. The van der Waals surface area contributed by atoms with Gasteiger partial charge >= 0.3 is 0 Å². The van der Waals surface area contributed by atoms with E-state index >= 15 is 0 Å². The summed E-state index contributed by atoms with van der Waals surface area (Å²) < 4.78 is 4.65. The van der Waals surface area contributed by atoms with Crippen LogP contribution in [0.4, 0.5) is 0 Å². The molecule has 34 heavy (non-hydrogen) atoms. The fraction of sp³-hybridized carbons (Fsp3) is 0.786. The van der Waals surface area contributed by atoms with Crippen LogP contribution >= 0.6 is 0 Å². The molecule has 6 nitrogen and oxygen atoms in total. The number of likely N-dealkylation sites (tertiary alicyclic amines) is 2. The van der Waals surface area contributed by atoms with Gasteiger partial charge in [-0.2, -0.15) is 0 Å². The van der Waals surface area contributed by atoms with E-state index in [2.05, 4.69) is 72.8 Å². The van der Waals surface area contributed by atoms with Crippen molar-refractivity contribution in [2.75, 3.05) is 26.2 Å². The first-order valence-corrected chi connectivity index (χ1v) is 13.9. The number of aromatic nitrogens is 4. The highest BCUT2D eigenvalue weighted by atomic mass is 15.5. The molecule has 190 valence electrons. The lowest BCUT2D eigenvalue weighted by Crippen LogP contribution is -2.44. The Kier molecular flexibility index (Phi) is 8.52. The predicted octanol–water partition coefficient (Wildman–Crippen LogP) is 5.11. The van der Waals surface area contributed by atoms with Gasteiger partial charge in [0.25, 0.3) is 0 Å². The topological polar surface area (TPSA) is 42.1 Å².